The summed E-state index contributed by atoms with van der Waals surface area (Å²) in [6.07, 6.45) is 58.1. The maximum absolute atomic E-state index is 13.1. The van der Waals surface area contributed by atoms with Crippen molar-refractivity contribution in [2.75, 3.05) is 39.6 Å². The van der Waals surface area contributed by atoms with E-state index in [4.69, 9.17) is 37.0 Å². The summed E-state index contributed by atoms with van der Waals surface area (Å²) in [6.45, 7) is 9.66. The van der Waals surface area contributed by atoms with Crippen LogP contribution in [0.3, 0.4) is 0 Å². The number of phosphoric acid groups is 2. The van der Waals surface area contributed by atoms with E-state index in [0.717, 1.165) is 102 Å². The van der Waals surface area contributed by atoms with Crippen molar-refractivity contribution in [3.63, 3.8) is 0 Å². The maximum atomic E-state index is 13.1. The van der Waals surface area contributed by atoms with Crippen LogP contribution in [-0.2, 0) is 65.4 Å². The third-order valence-corrected chi connectivity index (χ3v) is 20.1. The molecule has 17 nitrogen and oxygen atoms in total. The lowest BCUT2D eigenvalue weighted by molar-refractivity contribution is -0.161. The van der Waals surface area contributed by atoms with Gasteiger partial charge in [0.05, 0.1) is 26.4 Å². The summed E-state index contributed by atoms with van der Waals surface area (Å²) in [6, 6.07) is 0. The number of carbonyl (C=O) groups is 4. The van der Waals surface area contributed by atoms with Crippen LogP contribution >= 0.6 is 15.6 Å². The highest BCUT2D eigenvalue weighted by Gasteiger charge is 2.30. The summed E-state index contributed by atoms with van der Waals surface area (Å²) in [7, 11) is -9.91. The molecule has 0 aromatic rings. The third-order valence-electron chi connectivity index (χ3n) is 18.2. The van der Waals surface area contributed by atoms with Gasteiger partial charge in [-0.05, 0) is 37.5 Å². The average molecular weight is 1420 g/mol. The predicted octanol–water partition coefficient (Wildman–Crippen LogP) is 23.1. The van der Waals surface area contributed by atoms with E-state index >= 15 is 0 Å². The summed E-state index contributed by atoms with van der Waals surface area (Å²) in [5, 5.41) is 10.6. The van der Waals surface area contributed by atoms with Crippen molar-refractivity contribution in [2.24, 2.45) is 11.8 Å². The predicted molar refractivity (Wildman–Crippen MR) is 395 cm³/mol. The largest absolute Gasteiger partial charge is 0.472 e. The Balaban J connectivity index is 5.25. The van der Waals surface area contributed by atoms with E-state index in [1.54, 1.807) is 0 Å². The lowest BCUT2D eigenvalue weighted by Gasteiger charge is -2.21. The molecule has 0 saturated heterocycles. The standard InChI is InChI=1S/C78H152O17P2/c1-7-9-11-13-15-17-19-23-32-38-44-50-56-62-77(82)94-73(66-88-75(80)60-54-48-42-36-28-18-16-14-12-10-8-2)68-92-96(84,85)90-64-72(79)65-91-97(86,87)93-69-74(67-89-76(81)61-55-49-43-37-31-27-22-25-30-35-41-47-53-59-71(5)6)95-78(83)63-57-51-45-39-33-26-21-20-24-29-34-40-46-52-58-70(3)4/h70-74,79H,7-69H2,1-6H3,(H,84,85)(H,86,87)/t72-,73+,74+/m0/s1. The molecule has 0 saturated carbocycles. The van der Waals surface area contributed by atoms with Gasteiger partial charge in [0.25, 0.3) is 0 Å². The van der Waals surface area contributed by atoms with Crippen molar-refractivity contribution in [2.45, 2.75) is 426 Å². The molecule has 0 aromatic carbocycles. The molecule has 0 amide bonds. The number of aliphatic hydroxyl groups is 1. The van der Waals surface area contributed by atoms with Crippen molar-refractivity contribution in [3.05, 3.63) is 0 Å². The molecule has 5 atom stereocenters. The molecule has 97 heavy (non-hydrogen) atoms. The van der Waals surface area contributed by atoms with Crippen LogP contribution in [0.1, 0.15) is 408 Å². The summed E-state index contributed by atoms with van der Waals surface area (Å²) in [4.78, 5) is 72.9. The number of esters is 4. The smallest absolute Gasteiger partial charge is 0.462 e. The van der Waals surface area contributed by atoms with Gasteiger partial charge in [0.15, 0.2) is 12.2 Å². The lowest BCUT2D eigenvalue weighted by Crippen LogP contribution is -2.30. The van der Waals surface area contributed by atoms with Gasteiger partial charge in [-0.2, -0.15) is 0 Å². The fourth-order valence-electron chi connectivity index (χ4n) is 12.0. The monoisotopic (exact) mass is 1420 g/mol. The van der Waals surface area contributed by atoms with Crippen LogP contribution in [0.15, 0.2) is 0 Å². The molecular weight excluding hydrogens is 1270 g/mol. The zero-order chi connectivity index (χ0) is 71.4. The first kappa shape index (κ1) is 95.1. The highest BCUT2D eigenvalue weighted by atomic mass is 31.2. The second-order valence-corrected chi connectivity index (χ2v) is 32.0. The van der Waals surface area contributed by atoms with Gasteiger partial charge in [-0.15, -0.1) is 0 Å². The highest BCUT2D eigenvalue weighted by molar-refractivity contribution is 7.47. The Labute approximate surface area is 594 Å². The molecule has 576 valence electrons. The van der Waals surface area contributed by atoms with Crippen LogP contribution in [0.25, 0.3) is 0 Å². The van der Waals surface area contributed by atoms with E-state index < -0.39 is 97.5 Å². The van der Waals surface area contributed by atoms with Gasteiger partial charge in [0, 0.05) is 25.7 Å². The Kier molecular flexibility index (Phi) is 68.4. The Morgan fingerprint density at radius 3 is 0.701 bits per heavy atom. The van der Waals surface area contributed by atoms with Crippen LogP contribution in [0, 0.1) is 11.8 Å². The minimum atomic E-state index is -4.96. The van der Waals surface area contributed by atoms with Crippen molar-refractivity contribution in [1.29, 1.82) is 0 Å². The Morgan fingerprint density at radius 2 is 0.474 bits per heavy atom. The second kappa shape index (κ2) is 69.8. The molecule has 0 fully saturated rings. The van der Waals surface area contributed by atoms with Crippen molar-refractivity contribution >= 4 is 39.5 Å². The van der Waals surface area contributed by atoms with E-state index in [2.05, 4.69) is 41.5 Å². The molecule has 0 radical (unpaired) electrons. The molecule has 19 heteroatoms. The SMILES string of the molecule is CCCCCCCCCCCCCCCC(=O)O[C@H](COC(=O)CCCCCCCCCCCCC)COP(=O)(O)OC[C@H](O)COP(=O)(O)OC[C@@H](COC(=O)CCCCCCCCCCCCCCCC(C)C)OC(=O)CCCCCCCCCCCCCCCCC(C)C. The number of unbranched alkanes of at least 4 members (excludes halogenated alkanes) is 47. The third kappa shape index (κ3) is 72.2. The van der Waals surface area contributed by atoms with Crippen LogP contribution in [0.5, 0.6) is 0 Å². The molecule has 2 unspecified atom stereocenters. The van der Waals surface area contributed by atoms with E-state index in [-0.39, 0.29) is 25.7 Å². The molecule has 0 spiro atoms. The molecule has 0 aromatic heterocycles. The Morgan fingerprint density at radius 1 is 0.278 bits per heavy atom. The first-order valence-corrected chi connectivity index (χ1v) is 43.5. The maximum Gasteiger partial charge on any atom is 0.472 e. The van der Waals surface area contributed by atoms with Crippen LogP contribution in [0.4, 0.5) is 0 Å². The van der Waals surface area contributed by atoms with Crippen LogP contribution < -0.4 is 0 Å². The molecule has 0 aliphatic heterocycles. The molecule has 0 rings (SSSR count). The number of carbonyl (C=O) groups excluding carboxylic acids is 4. The molecular formula is C78H152O17P2. The number of ether oxygens (including phenoxy) is 4. The van der Waals surface area contributed by atoms with Crippen LogP contribution in [0.2, 0.25) is 0 Å². The van der Waals surface area contributed by atoms with Crippen LogP contribution in [-0.4, -0.2) is 96.7 Å². The summed E-state index contributed by atoms with van der Waals surface area (Å²) < 4.78 is 68.6. The molecule has 0 aliphatic carbocycles. The molecule has 0 heterocycles. The first-order chi connectivity index (χ1) is 46.9. The fourth-order valence-corrected chi connectivity index (χ4v) is 13.6. The highest BCUT2D eigenvalue weighted by Crippen LogP contribution is 2.45. The second-order valence-electron chi connectivity index (χ2n) is 29.1. The number of rotatable bonds is 77. The number of aliphatic hydroxyl groups excluding tert-OH is 1. The summed E-state index contributed by atoms with van der Waals surface area (Å²) in [5.41, 5.74) is 0. The van der Waals surface area contributed by atoms with E-state index in [1.807, 2.05) is 0 Å². The summed E-state index contributed by atoms with van der Waals surface area (Å²) >= 11 is 0. The zero-order valence-corrected chi connectivity index (χ0v) is 65.2. The molecule has 0 aliphatic rings. The van der Waals surface area contributed by atoms with Gasteiger partial charge in [0.2, 0.25) is 0 Å². The van der Waals surface area contributed by atoms with Gasteiger partial charge in [-0.1, -0.05) is 356 Å². The van der Waals surface area contributed by atoms with Gasteiger partial charge < -0.3 is 33.8 Å². The average Bonchev–Trinajstić information content (AvgIpc) is 1.01. The van der Waals surface area contributed by atoms with E-state index in [9.17, 15) is 43.2 Å². The van der Waals surface area contributed by atoms with E-state index in [1.165, 1.54) is 225 Å². The zero-order valence-electron chi connectivity index (χ0n) is 63.4. The Bertz CT molecular complexity index is 1870. The number of phosphoric ester groups is 2. The van der Waals surface area contributed by atoms with E-state index in [0.29, 0.717) is 25.7 Å². The quantitative estimate of drug-likeness (QED) is 0.0222. The fraction of sp³-hybridized carbons (Fsp3) is 0.949. The number of hydrogen-bond acceptors (Lipinski definition) is 15. The van der Waals surface area contributed by atoms with Crippen molar-refractivity contribution in [1.82, 2.24) is 0 Å². The van der Waals surface area contributed by atoms with Gasteiger partial charge in [-0.3, -0.25) is 37.3 Å². The van der Waals surface area contributed by atoms with Gasteiger partial charge >= 0.3 is 39.5 Å². The van der Waals surface area contributed by atoms with Crippen molar-refractivity contribution in [3.8, 4) is 0 Å². The van der Waals surface area contributed by atoms with Crippen molar-refractivity contribution < 1.29 is 80.2 Å². The molecule has 0 bridgehead atoms. The topological polar surface area (TPSA) is 237 Å². The minimum Gasteiger partial charge on any atom is -0.462 e. The van der Waals surface area contributed by atoms with Gasteiger partial charge in [0.1, 0.15) is 19.3 Å². The number of hydrogen-bond donors (Lipinski definition) is 3. The lowest BCUT2D eigenvalue weighted by atomic mass is 10.0. The summed E-state index contributed by atoms with van der Waals surface area (Å²) in [5.74, 6) is -0.524. The molecule has 3 N–H and O–H groups in total. The Hall–Kier alpha value is -1.94. The first-order valence-electron chi connectivity index (χ1n) is 40.5. The van der Waals surface area contributed by atoms with Gasteiger partial charge in [-0.25, -0.2) is 9.13 Å². The normalized spacial score (nSPS) is 14.0. The minimum absolute atomic E-state index is 0.108.